The van der Waals surface area contributed by atoms with Gasteiger partial charge in [-0.3, -0.25) is 4.79 Å². The van der Waals surface area contributed by atoms with Crippen LogP contribution in [0.1, 0.15) is 0 Å². The Kier molecular flexibility index (Phi) is 3.63. The molecule has 4 nitrogen and oxygen atoms in total. The quantitative estimate of drug-likeness (QED) is 0.485. The number of pyridine rings is 1. The van der Waals surface area contributed by atoms with Gasteiger partial charge in [0.2, 0.25) is 6.41 Å². The highest BCUT2D eigenvalue weighted by Gasteiger charge is 1.88. The van der Waals surface area contributed by atoms with E-state index < -0.39 is 0 Å². The van der Waals surface area contributed by atoms with E-state index in [4.69, 9.17) is 0 Å². The van der Waals surface area contributed by atoms with Crippen LogP contribution in [-0.2, 0) is 4.79 Å². The minimum atomic E-state index is 0.611. The predicted molar refractivity (Wildman–Crippen MR) is 46.8 cm³/mol. The van der Waals surface area contributed by atoms with Crippen molar-refractivity contribution >= 4 is 12.2 Å². The Labute approximate surface area is 71.0 Å². The molecule has 1 aromatic rings. The van der Waals surface area contributed by atoms with Gasteiger partial charge in [-0.1, -0.05) is 6.07 Å². The van der Waals surface area contributed by atoms with E-state index >= 15 is 0 Å². The summed E-state index contributed by atoms with van der Waals surface area (Å²) in [5, 5.41) is 5.59. The zero-order chi connectivity index (χ0) is 8.65. The molecule has 1 rings (SSSR count). The van der Waals surface area contributed by atoms with Crippen LogP contribution in [0, 0.1) is 0 Å². The molecule has 0 unspecified atom stereocenters. The Hall–Kier alpha value is -1.58. The van der Waals surface area contributed by atoms with E-state index in [2.05, 4.69) is 15.6 Å². The molecule has 0 radical (unpaired) electrons. The molecule has 0 aliphatic carbocycles. The Morgan fingerprint density at radius 1 is 1.42 bits per heavy atom. The van der Waals surface area contributed by atoms with Gasteiger partial charge in [0.05, 0.1) is 0 Å². The van der Waals surface area contributed by atoms with Crippen LogP contribution in [0.4, 0.5) is 5.82 Å². The summed E-state index contributed by atoms with van der Waals surface area (Å²) in [6, 6.07) is 5.64. The Morgan fingerprint density at radius 3 is 3.00 bits per heavy atom. The van der Waals surface area contributed by atoms with Gasteiger partial charge in [0.1, 0.15) is 5.82 Å². The summed E-state index contributed by atoms with van der Waals surface area (Å²) in [5.74, 6) is 0.824. The molecule has 0 aliphatic heterocycles. The molecule has 0 fully saturated rings. The fourth-order valence-corrected chi connectivity index (χ4v) is 0.789. The van der Waals surface area contributed by atoms with Gasteiger partial charge < -0.3 is 10.6 Å². The van der Waals surface area contributed by atoms with Crippen molar-refractivity contribution in [3.63, 3.8) is 0 Å². The van der Waals surface area contributed by atoms with Crippen molar-refractivity contribution in [3.05, 3.63) is 24.4 Å². The Bertz CT molecular complexity index is 225. The molecular formula is C8H11N3O. The van der Waals surface area contributed by atoms with Gasteiger partial charge in [-0.15, -0.1) is 0 Å². The maximum absolute atomic E-state index is 9.86. The number of amides is 1. The van der Waals surface area contributed by atoms with Gasteiger partial charge in [-0.2, -0.15) is 0 Å². The summed E-state index contributed by atoms with van der Waals surface area (Å²) in [4.78, 5) is 13.9. The molecule has 12 heavy (non-hydrogen) atoms. The lowest BCUT2D eigenvalue weighted by Gasteiger charge is -2.02. The van der Waals surface area contributed by atoms with Crippen LogP contribution >= 0.6 is 0 Å². The SMILES string of the molecule is O=CNCCNc1ccccn1. The number of anilines is 1. The van der Waals surface area contributed by atoms with Crippen molar-refractivity contribution in [3.8, 4) is 0 Å². The molecule has 4 heteroatoms. The van der Waals surface area contributed by atoms with E-state index in [1.807, 2.05) is 18.2 Å². The third-order valence-corrected chi connectivity index (χ3v) is 1.32. The van der Waals surface area contributed by atoms with E-state index in [1.54, 1.807) is 6.20 Å². The first-order chi connectivity index (χ1) is 5.93. The van der Waals surface area contributed by atoms with Gasteiger partial charge >= 0.3 is 0 Å². The van der Waals surface area contributed by atoms with E-state index in [9.17, 15) is 4.79 Å². The number of nitrogens with zero attached hydrogens (tertiary/aromatic N) is 1. The summed E-state index contributed by atoms with van der Waals surface area (Å²) < 4.78 is 0. The van der Waals surface area contributed by atoms with Crippen molar-refractivity contribution in [1.29, 1.82) is 0 Å². The van der Waals surface area contributed by atoms with Crippen molar-refractivity contribution in [2.45, 2.75) is 0 Å². The molecule has 0 aliphatic rings. The highest BCUT2D eigenvalue weighted by Crippen LogP contribution is 1.97. The zero-order valence-corrected chi connectivity index (χ0v) is 6.66. The van der Waals surface area contributed by atoms with Crippen LogP contribution in [0.25, 0.3) is 0 Å². The summed E-state index contributed by atoms with van der Waals surface area (Å²) in [6.07, 6.45) is 2.40. The molecule has 1 heterocycles. The molecule has 0 aromatic carbocycles. The van der Waals surface area contributed by atoms with Crippen molar-refractivity contribution in [2.75, 3.05) is 18.4 Å². The van der Waals surface area contributed by atoms with Crippen molar-refractivity contribution < 1.29 is 4.79 Å². The third-order valence-electron chi connectivity index (χ3n) is 1.32. The highest BCUT2D eigenvalue weighted by atomic mass is 16.1. The lowest BCUT2D eigenvalue weighted by molar-refractivity contribution is -0.109. The molecule has 0 spiro atoms. The van der Waals surface area contributed by atoms with Crippen LogP contribution in [-0.4, -0.2) is 24.5 Å². The van der Waals surface area contributed by atoms with E-state index in [0.29, 0.717) is 19.5 Å². The fourth-order valence-electron chi connectivity index (χ4n) is 0.789. The maximum atomic E-state index is 9.86. The van der Waals surface area contributed by atoms with Crippen LogP contribution < -0.4 is 10.6 Å². The first-order valence-corrected chi connectivity index (χ1v) is 3.75. The zero-order valence-electron chi connectivity index (χ0n) is 6.66. The second kappa shape index (κ2) is 5.12. The van der Waals surface area contributed by atoms with Gasteiger partial charge in [0, 0.05) is 19.3 Å². The fraction of sp³-hybridized carbons (Fsp3) is 0.250. The normalized spacial score (nSPS) is 9.00. The average molecular weight is 165 g/mol. The smallest absolute Gasteiger partial charge is 0.207 e. The van der Waals surface area contributed by atoms with Crippen molar-refractivity contribution in [2.24, 2.45) is 0 Å². The first kappa shape index (κ1) is 8.52. The molecule has 1 aromatic heterocycles. The van der Waals surface area contributed by atoms with E-state index in [0.717, 1.165) is 5.82 Å². The van der Waals surface area contributed by atoms with Gasteiger partial charge in [0.25, 0.3) is 0 Å². The molecule has 0 saturated carbocycles. The van der Waals surface area contributed by atoms with Crippen molar-refractivity contribution in [1.82, 2.24) is 10.3 Å². The molecule has 0 bridgehead atoms. The minimum absolute atomic E-state index is 0.611. The standard InChI is InChI=1S/C8H11N3O/c12-7-9-5-6-11-8-3-1-2-4-10-8/h1-4,7H,5-6H2,(H,9,12)(H,10,11). The summed E-state index contributed by atoms with van der Waals surface area (Å²) >= 11 is 0. The second-order valence-corrected chi connectivity index (χ2v) is 2.21. The van der Waals surface area contributed by atoms with E-state index in [1.165, 1.54) is 0 Å². The molecule has 2 N–H and O–H groups in total. The second-order valence-electron chi connectivity index (χ2n) is 2.21. The number of hydrogen-bond acceptors (Lipinski definition) is 3. The lowest BCUT2D eigenvalue weighted by atomic mass is 10.4. The van der Waals surface area contributed by atoms with Crippen LogP contribution in [0.2, 0.25) is 0 Å². The number of nitrogens with one attached hydrogen (secondary N) is 2. The van der Waals surface area contributed by atoms with E-state index in [-0.39, 0.29) is 0 Å². The Balaban J connectivity index is 2.20. The van der Waals surface area contributed by atoms with Crippen LogP contribution in [0.3, 0.4) is 0 Å². The summed E-state index contributed by atoms with van der Waals surface area (Å²) in [7, 11) is 0. The Morgan fingerprint density at radius 2 is 2.33 bits per heavy atom. The number of rotatable bonds is 5. The third kappa shape index (κ3) is 3.01. The van der Waals surface area contributed by atoms with Gasteiger partial charge in [-0.05, 0) is 12.1 Å². The molecule has 64 valence electrons. The molecule has 0 atom stereocenters. The van der Waals surface area contributed by atoms with Gasteiger partial charge in [-0.25, -0.2) is 4.98 Å². The first-order valence-electron chi connectivity index (χ1n) is 3.75. The number of carbonyl (C=O) groups excluding carboxylic acids is 1. The van der Waals surface area contributed by atoms with Crippen LogP contribution in [0.5, 0.6) is 0 Å². The summed E-state index contributed by atoms with van der Waals surface area (Å²) in [6.45, 7) is 1.30. The topological polar surface area (TPSA) is 54.0 Å². The molecule has 0 saturated heterocycles. The van der Waals surface area contributed by atoms with Crippen LogP contribution in [0.15, 0.2) is 24.4 Å². The maximum Gasteiger partial charge on any atom is 0.207 e. The number of aromatic nitrogens is 1. The number of carbonyl (C=O) groups is 1. The average Bonchev–Trinajstić information content (AvgIpc) is 2.14. The minimum Gasteiger partial charge on any atom is -0.368 e. The largest absolute Gasteiger partial charge is 0.368 e. The highest BCUT2D eigenvalue weighted by molar-refractivity contribution is 5.46. The molecular weight excluding hydrogens is 154 g/mol. The number of hydrogen-bond donors (Lipinski definition) is 2. The monoisotopic (exact) mass is 165 g/mol. The lowest BCUT2D eigenvalue weighted by Crippen LogP contribution is -2.20. The van der Waals surface area contributed by atoms with Gasteiger partial charge in [0.15, 0.2) is 0 Å². The predicted octanol–water partition coefficient (Wildman–Crippen LogP) is 0.239. The summed E-state index contributed by atoms with van der Waals surface area (Å²) in [5.41, 5.74) is 0. The molecule has 1 amide bonds.